The van der Waals surface area contributed by atoms with Gasteiger partial charge in [-0.2, -0.15) is 0 Å². The van der Waals surface area contributed by atoms with Crippen molar-refractivity contribution >= 4 is 0 Å². The summed E-state index contributed by atoms with van der Waals surface area (Å²) < 4.78 is 0. The van der Waals surface area contributed by atoms with E-state index in [9.17, 15) is 0 Å². The predicted molar refractivity (Wildman–Crippen MR) is 34.3 cm³/mol. The first kappa shape index (κ1) is 10.1. The third-order valence-electron chi connectivity index (χ3n) is 0.566. The lowest BCUT2D eigenvalue weighted by molar-refractivity contribution is 1.33. The van der Waals surface area contributed by atoms with Crippen LogP contribution in [0.3, 0.4) is 0 Å². The van der Waals surface area contributed by atoms with E-state index in [-0.39, 0.29) is 12.3 Å². The summed E-state index contributed by atoms with van der Waals surface area (Å²) in [4.78, 5) is 3.78. The van der Waals surface area contributed by atoms with E-state index in [0.29, 0.717) is 0 Å². The van der Waals surface area contributed by atoms with E-state index in [1.165, 1.54) is 0 Å². The number of hydrogen-bond donors (Lipinski definition) is 2. The highest BCUT2D eigenvalue weighted by Gasteiger charge is 1.58. The zero-order valence-electron chi connectivity index (χ0n) is 4.75. The van der Waals surface area contributed by atoms with Gasteiger partial charge >= 0.3 is 0 Å². The molecule has 3 heteroatoms. The molecule has 0 radical (unpaired) electrons. The molecule has 0 aromatic carbocycles. The molecule has 0 aliphatic heterocycles. The Hall–Kier alpha value is -0.930. The molecule has 1 heterocycles. The monoisotopic (exact) mass is 113 g/mol. The molecule has 0 amide bonds. The first-order chi connectivity index (χ1) is 3.00. The van der Waals surface area contributed by atoms with Crippen LogP contribution >= 0.6 is 0 Å². The Bertz CT molecular complexity index is 79.6. The average Bonchev–Trinajstić information content (AvgIpc) is 1.72. The van der Waals surface area contributed by atoms with Gasteiger partial charge < -0.3 is 12.3 Å². The van der Waals surface area contributed by atoms with E-state index in [0.717, 1.165) is 0 Å². The molecule has 6 N–H and O–H groups in total. The Morgan fingerprint density at radius 3 is 1.38 bits per heavy atom. The topological polar surface area (TPSA) is 82.9 Å². The molecule has 0 unspecified atom stereocenters. The lowest BCUT2D eigenvalue weighted by Gasteiger charge is -1.70. The number of aromatic nitrogens is 1. The van der Waals surface area contributed by atoms with Gasteiger partial charge in [-0.25, -0.2) is 0 Å². The van der Waals surface area contributed by atoms with Gasteiger partial charge in [-0.05, 0) is 12.1 Å². The summed E-state index contributed by atoms with van der Waals surface area (Å²) in [6.07, 6.45) is 3.50. The molecule has 0 atom stereocenters. The van der Waals surface area contributed by atoms with Gasteiger partial charge in [0.05, 0.1) is 0 Å². The van der Waals surface area contributed by atoms with Crippen LogP contribution in [0.1, 0.15) is 0 Å². The van der Waals surface area contributed by atoms with E-state index in [4.69, 9.17) is 0 Å². The normalized spacial score (nSPS) is 6.00. The van der Waals surface area contributed by atoms with Gasteiger partial charge in [0.15, 0.2) is 0 Å². The molecule has 0 spiro atoms. The van der Waals surface area contributed by atoms with Crippen LogP contribution < -0.4 is 12.3 Å². The first-order valence-corrected chi connectivity index (χ1v) is 1.85. The Kier molecular flexibility index (Phi) is 7.69. The highest BCUT2D eigenvalue weighted by molar-refractivity contribution is 4.88. The third-order valence-corrected chi connectivity index (χ3v) is 0.566. The van der Waals surface area contributed by atoms with E-state index in [2.05, 4.69) is 4.98 Å². The second kappa shape index (κ2) is 6.07. The van der Waals surface area contributed by atoms with Crippen LogP contribution in [0.2, 0.25) is 0 Å². The van der Waals surface area contributed by atoms with Gasteiger partial charge in [0, 0.05) is 12.4 Å². The first-order valence-electron chi connectivity index (χ1n) is 1.85. The van der Waals surface area contributed by atoms with Crippen molar-refractivity contribution < 1.29 is 0 Å². The fraction of sp³-hybridized carbons (Fsp3) is 0. The lowest BCUT2D eigenvalue weighted by atomic mass is 10.5. The molecular weight excluding hydrogens is 102 g/mol. The van der Waals surface area contributed by atoms with Crippen LogP contribution in [-0.4, -0.2) is 4.98 Å². The molecule has 1 aromatic heterocycles. The standard InChI is InChI=1S/C5H5N.2H3N/c1-2-4-6-5-3-1;;/h1-5H;2*1H3. The molecule has 8 heavy (non-hydrogen) atoms. The van der Waals surface area contributed by atoms with E-state index in [1.54, 1.807) is 12.4 Å². The average molecular weight is 113 g/mol. The van der Waals surface area contributed by atoms with Gasteiger partial charge in [0.25, 0.3) is 0 Å². The third kappa shape index (κ3) is 3.27. The maximum atomic E-state index is 3.78. The number of pyridine rings is 1. The molecular formula is C5H11N3. The second-order valence-corrected chi connectivity index (χ2v) is 1.02. The Labute approximate surface area is 48.9 Å². The summed E-state index contributed by atoms with van der Waals surface area (Å²) in [5.74, 6) is 0. The van der Waals surface area contributed by atoms with Crippen molar-refractivity contribution in [2.45, 2.75) is 0 Å². The van der Waals surface area contributed by atoms with Gasteiger partial charge in [-0.15, -0.1) is 0 Å². The molecule has 3 nitrogen and oxygen atoms in total. The fourth-order valence-electron chi connectivity index (χ4n) is 0.313. The van der Waals surface area contributed by atoms with Crippen LogP contribution in [0.15, 0.2) is 30.6 Å². The number of rotatable bonds is 0. The molecule has 46 valence electrons. The summed E-state index contributed by atoms with van der Waals surface area (Å²) in [7, 11) is 0. The minimum atomic E-state index is 0. The molecule has 0 fully saturated rings. The molecule has 0 saturated carbocycles. The molecule has 1 aromatic rings. The van der Waals surface area contributed by atoms with Crippen LogP contribution in [0, 0.1) is 0 Å². The Morgan fingerprint density at radius 1 is 0.750 bits per heavy atom. The summed E-state index contributed by atoms with van der Waals surface area (Å²) in [6, 6.07) is 5.72. The zero-order valence-corrected chi connectivity index (χ0v) is 4.75. The predicted octanol–water partition coefficient (Wildman–Crippen LogP) is 1.41. The number of nitrogens with zero attached hydrogens (tertiary/aromatic N) is 1. The van der Waals surface area contributed by atoms with Crippen molar-refractivity contribution in [3.63, 3.8) is 0 Å². The molecule has 1 rings (SSSR count). The highest BCUT2D eigenvalue weighted by Crippen LogP contribution is 1.73. The SMILES string of the molecule is N.N.c1ccncc1. The second-order valence-electron chi connectivity index (χ2n) is 1.02. The van der Waals surface area contributed by atoms with Gasteiger partial charge in [0.1, 0.15) is 0 Å². The largest absolute Gasteiger partial charge is 0.344 e. The van der Waals surface area contributed by atoms with Gasteiger partial charge in [0.2, 0.25) is 0 Å². The van der Waals surface area contributed by atoms with Crippen LogP contribution in [-0.2, 0) is 0 Å². The smallest absolute Gasteiger partial charge is 0.0267 e. The van der Waals surface area contributed by atoms with E-state index in [1.807, 2.05) is 18.2 Å². The molecule has 0 aliphatic carbocycles. The minimum Gasteiger partial charge on any atom is -0.344 e. The lowest BCUT2D eigenvalue weighted by Crippen LogP contribution is -1.58. The summed E-state index contributed by atoms with van der Waals surface area (Å²) in [5, 5.41) is 0. The summed E-state index contributed by atoms with van der Waals surface area (Å²) in [6.45, 7) is 0. The van der Waals surface area contributed by atoms with Crippen LogP contribution in [0.25, 0.3) is 0 Å². The summed E-state index contributed by atoms with van der Waals surface area (Å²) >= 11 is 0. The summed E-state index contributed by atoms with van der Waals surface area (Å²) in [5.41, 5.74) is 0. The van der Waals surface area contributed by atoms with Crippen molar-refractivity contribution in [3.8, 4) is 0 Å². The molecule has 0 aliphatic rings. The van der Waals surface area contributed by atoms with Gasteiger partial charge in [-0.1, -0.05) is 6.07 Å². The quantitative estimate of drug-likeness (QED) is 0.533. The molecule has 0 bridgehead atoms. The highest BCUT2D eigenvalue weighted by atomic mass is 14.6. The van der Waals surface area contributed by atoms with E-state index >= 15 is 0 Å². The van der Waals surface area contributed by atoms with Gasteiger partial charge in [-0.3, -0.25) is 4.98 Å². The fourth-order valence-corrected chi connectivity index (χ4v) is 0.313. The van der Waals surface area contributed by atoms with Crippen molar-refractivity contribution in [1.29, 1.82) is 0 Å². The van der Waals surface area contributed by atoms with Crippen molar-refractivity contribution in [3.05, 3.63) is 30.6 Å². The van der Waals surface area contributed by atoms with Crippen molar-refractivity contribution in [2.24, 2.45) is 0 Å². The Morgan fingerprint density at radius 2 is 1.25 bits per heavy atom. The molecule has 0 saturated heterocycles. The maximum Gasteiger partial charge on any atom is 0.0267 e. The number of hydrogen-bond acceptors (Lipinski definition) is 3. The van der Waals surface area contributed by atoms with Crippen molar-refractivity contribution in [1.82, 2.24) is 17.3 Å². The van der Waals surface area contributed by atoms with Crippen molar-refractivity contribution in [2.75, 3.05) is 0 Å². The van der Waals surface area contributed by atoms with Crippen LogP contribution in [0.5, 0.6) is 0 Å². The minimum absolute atomic E-state index is 0. The maximum absolute atomic E-state index is 3.78. The Balaban J connectivity index is 0. The zero-order chi connectivity index (χ0) is 4.24. The van der Waals surface area contributed by atoms with Crippen LogP contribution in [0.4, 0.5) is 0 Å². The van der Waals surface area contributed by atoms with E-state index < -0.39 is 0 Å².